The lowest BCUT2D eigenvalue weighted by atomic mass is 9.97. The molecule has 1 N–H and O–H groups in total. The van der Waals surface area contributed by atoms with Crippen molar-refractivity contribution in [2.24, 2.45) is 5.92 Å². The molecule has 17 heavy (non-hydrogen) atoms. The maximum atomic E-state index is 8.72. The van der Waals surface area contributed by atoms with Crippen molar-refractivity contribution in [3.8, 4) is 6.07 Å². The summed E-state index contributed by atoms with van der Waals surface area (Å²) in [6.45, 7) is 3.23. The first kappa shape index (κ1) is 11.9. The maximum Gasteiger partial charge on any atom is 0.128 e. The summed E-state index contributed by atoms with van der Waals surface area (Å²) in [7, 11) is 2.01. The molecule has 2 rings (SSSR count). The molecule has 0 saturated carbocycles. The molecule has 1 aromatic rings. The van der Waals surface area contributed by atoms with Gasteiger partial charge in [-0.1, -0.05) is 0 Å². The minimum Gasteiger partial charge on any atom is -0.357 e. The average molecular weight is 230 g/mol. The Balaban J connectivity index is 1.94. The predicted molar refractivity (Wildman–Crippen MR) is 67.8 cm³/mol. The fraction of sp³-hybridized carbons (Fsp3) is 0.538. The number of nitriles is 1. The summed E-state index contributed by atoms with van der Waals surface area (Å²) in [6.07, 6.45) is 4.07. The molecule has 1 fully saturated rings. The zero-order chi connectivity index (χ0) is 12.1. The van der Waals surface area contributed by atoms with Crippen LogP contribution in [0.5, 0.6) is 0 Å². The molecule has 1 aliphatic heterocycles. The lowest BCUT2D eigenvalue weighted by Crippen LogP contribution is -2.37. The summed E-state index contributed by atoms with van der Waals surface area (Å²) < 4.78 is 0. The van der Waals surface area contributed by atoms with Crippen molar-refractivity contribution in [1.29, 1.82) is 5.26 Å². The molecule has 2 heterocycles. The molecule has 4 nitrogen and oxygen atoms in total. The summed E-state index contributed by atoms with van der Waals surface area (Å²) in [5.74, 6) is 1.78. The number of aromatic nitrogens is 1. The molecule has 4 heteroatoms. The predicted octanol–water partition coefficient (Wildman–Crippen LogP) is 1.39. The Labute approximate surface area is 102 Å². The van der Waals surface area contributed by atoms with Crippen LogP contribution in [0, 0.1) is 17.2 Å². The molecule has 1 aliphatic rings. The highest BCUT2D eigenvalue weighted by Crippen LogP contribution is 2.21. The second-order valence-electron chi connectivity index (χ2n) is 4.50. The summed E-state index contributed by atoms with van der Waals surface area (Å²) >= 11 is 0. The summed E-state index contributed by atoms with van der Waals surface area (Å²) in [6, 6.07) is 5.87. The zero-order valence-electron chi connectivity index (χ0n) is 10.2. The van der Waals surface area contributed by atoms with Gasteiger partial charge in [0.15, 0.2) is 0 Å². The van der Waals surface area contributed by atoms with Crippen LogP contribution in [-0.2, 0) is 0 Å². The van der Waals surface area contributed by atoms with Crippen LogP contribution in [0.25, 0.3) is 0 Å². The van der Waals surface area contributed by atoms with E-state index >= 15 is 0 Å². The first-order chi connectivity index (χ1) is 8.33. The van der Waals surface area contributed by atoms with E-state index in [-0.39, 0.29) is 0 Å². The highest BCUT2D eigenvalue weighted by atomic mass is 15.2. The first-order valence-corrected chi connectivity index (χ1v) is 6.09. The van der Waals surface area contributed by atoms with Crippen LogP contribution in [0.4, 0.5) is 5.82 Å². The Kier molecular flexibility index (Phi) is 3.94. The van der Waals surface area contributed by atoms with Crippen molar-refractivity contribution in [2.45, 2.75) is 12.8 Å². The van der Waals surface area contributed by atoms with Crippen molar-refractivity contribution >= 4 is 5.82 Å². The van der Waals surface area contributed by atoms with Gasteiger partial charge in [0.1, 0.15) is 11.9 Å². The second-order valence-corrected chi connectivity index (χ2v) is 4.50. The number of nitrogens with zero attached hydrogens (tertiary/aromatic N) is 3. The largest absolute Gasteiger partial charge is 0.357 e. The van der Waals surface area contributed by atoms with E-state index in [9.17, 15) is 0 Å². The summed E-state index contributed by atoms with van der Waals surface area (Å²) in [5, 5.41) is 12.0. The van der Waals surface area contributed by atoms with Crippen LogP contribution in [-0.4, -0.2) is 31.7 Å². The summed E-state index contributed by atoms with van der Waals surface area (Å²) in [5.41, 5.74) is 0.624. The van der Waals surface area contributed by atoms with E-state index in [1.54, 1.807) is 6.20 Å². The van der Waals surface area contributed by atoms with Crippen LogP contribution in [0.15, 0.2) is 18.3 Å². The topological polar surface area (TPSA) is 52.0 Å². The third-order valence-electron chi connectivity index (χ3n) is 3.31. The molecular formula is C13H18N4. The van der Waals surface area contributed by atoms with Gasteiger partial charge >= 0.3 is 0 Å². The lowest BCUT2D eigenvalue weighted by Gasteiger charge is -2.32. The molecule has 0 unspecified atom stereocenters. The van der Waals surface area contributed by atoms with E-state index in [1.807, 2.05) is 19.2 Å². The molecule has 0 amide bonds. The number of rotatable bonds is 3. The number of anilines is 1. The smallest absolute Gasteiger partial charge is 0.128 e. The van der Waals surface area contributed by atoms with Crippen molar-refractivity contribution in [3.05, 3.63) is 23.9 Å². The van der Waals surface area contributed by atoms with Gasteiger partial charge in [-0.15, -0.1) is 0 Å². The van der Waals surface area contributed by atoms with Gasteiger partial charge in [0, 0.05) is 19.3 Å². The van der Waals surface area contributed by atoms with Crippen molar-refractivity contribution in [3.63, 3.8) is 0 Å². The van der Waals surface area contributed by atoms with Gasteiger partial charge in [-0.3, -0.25) is 0 Å². The lowest BCUT2D eigenvalue weighted by molar-refractivity contribution is 0.392. The van der Waals surface area contributed by atoms with Gasteiger partial charge in [-0.25, -0.2) is 4.98 Å². The number of hydrogen-bond donors (Lipinski definition) is 1. The zero-order valence-corrected chi connectivity index (χ0v) is 10.2. The third kappa shape index (κ3) is 2.95. The van der Waals surface area contributed by atoms with E-state index in [0.717, 1.165) is 31.4 Å². The van der Waals surface area contributed by atoms with Crippen LogP contribution in [0.3, 0.4) is 0 Å². The summed E-state index contributed by atoms with van der Waals surface area (Å²) in [4.78, 5) is 6.63. The van der Waals surface area contributed by atoms with E-state index in [1.165, 1.54) is 12.8 Å². The number of nitrogens with one attached hydrogen (secondary N) is 1. The molecule has 0 radical (unpaired) electrons. The van der Waals surface area contributed by atoms with Gasteiger partial charge in [0.25, 0.3) is 0 Å². The van der Waals surface area contributed by atoms with Gasteiger partial charge in [0.05, 0.1) is 5.56 Å². The second kappa shape index (κ2) is 5.65. The first-order valence-electron chi connectivity index (χ1n) is 6.09. The monoisotopic (exact) mass is 230 g/mol. The molecule has 1 aromatic heterocycles. The van der Waals surface area contributed by atoms with E-state index < -0.39 is 0 Å². The Morgan fingerprint density at radius 1 is 1.47 bits per heavy atom. The Hall–Kier alpha value is -1.60. The SMILES string of the molecule is CNCC1CCN(c2ccc(C#N)cn2)CC1. The highest BCUT2D eigenvalue weighted by Gasteiger charge is 2.19. The Morgan fingerprint density at radius 2 is 2.24 bits per heavy atom. The van der Waals surface area contributed by atoms with Crippen LogP contribution in [0.2, 0.25) is 0 Å². The standard InChI is InChI=1S/C13H18N4/c1-15-9-11-4-6-17(7-5-11)13-3-2-12(8-14)10-16-13/h2-3,10-11,15H,4-7,9H2,1H3. The fourth-order valence-electron chi connectivity index (χ4n) is 2.29. The molecule has 0 atom stereocenters. The van der Waals surface area contributed by atoms with Crippen LogP contribution < -0.4 is 10.2 Å². The van der Waals surface area contributed by atoms with Gasteiger partial charge < -0.3 is 10.2 Å². The number of pyridine rings is 1. The normalized spacial score (nSPS) is 16.8. The quantitative estimate of drug-likeness (QED) is 0.852. The van der Waals surface area contributed by atoms with Crippen LogP contribution in [0.1, 0.15) is 18.4 Å². The molecule has 0 aliphatic carbocycles. The minimum atomic E-state index is 0.624. The highest BCUT2D eigenvalue weighted by molar-refractivity contribution is 5.42. The molecule has 90 valence electrons. The van der Waals surface area contributed by atoms with E-state index in [4.69, 9.17) is 5.26 Å². The van der Waals surface area contributed by atoms with Gasteiger partial charge in [-0.05, 0) is 44.5 Å². The Bertz CT molecular complexity index is 385. The average Bonchev–Trinajstić information content (AvgIpc) is 2.40. The van der Waals surface area contributed by atoms with Gasteiger partial charge in [0.2, 0.25) is 0 Å². The maximum absolute atomic E-state index is 8.72. The van der Waals surface area contributed by atoms with Crippen LogP contribution >= 0.6 is 0 Å². The van der Waals surface area contributed by atoms with Gasteiger partial charge in [-0.2, -0.15) is 5.26 Å². The van der Waals surface area contributed by atoms with Crippen molar-refractivity contribution < 1.29 is 0 Å². The van der Waals surface area contributed by atoms with Crippen molar-refractivity contribution in [2.75, 3.05) is 31.6 Å². The number of hydrogen-bond acceptors (Lipinski definition) is 4. The molecule has 0 aromatic carbocycles. The number of piperidine rings is 1. The molecular weight excluding hydrogens is 212 g/mol. The van der Waals surface area contributed by atoms with Crippen molar-refractivity contribution in [1.82, 2.24) is 10.3 Å². The third-order valence-corrected chi connectivity index (χ3v) is 3.31. The molecule has 0 bridgehead atoms. The molecule has 1 saturated heterocycles. The fourth-order valence-corrected chi connectivity index (χ4v) is 2.29. The minimum absolute atomic E-state index is 0.624. The molecule has 0 spiro atoms. The van der Waals surface area contributed by atoms with E-state index in [0.29, 0.717) is 5.56 Å². The Morgan fingerprint density at radius 3 is 2.76 bits per heavy atom. The van der Waals surface area contributed by atoms with E-state index in [2.05, 4.69) is 21.3 Å².